The van der Waals surface area contributed by atoms with Crippen molar-refractivity contribution in [2.45, 2.75) is 23.9 Å². The highest BCUT2D eigenvalue weighted by molar-refractivity contribution is 7.99. The van der Waals surface area contributed by atoms with E-state index in [0.29, 0.717) is 11.1 Å². The molecular weight excluding hydrogens is 294 g/mol. The van der Waals surface area contributed by atoms with Gasteiger partial charge >= 0.3 is 0 Å². The van der Waals surface area contributed by atoms with Gasteiger partial charge in [0.05, 0.1) is 11.6 Å². The summed E-state index contributed by atoms with van der Waals surface area (Å²) < 4.78 is 2.14. The maximum atomic E-state index is 5.66. The normalized spacial score (nSPS) is 18.3. The molecular formula is C13H14ClN5S. The van der Waals surface area contributed by atoms with Crippen LogP contribution < -0.4 is 5.73 Å². The van der Waals surface area contributed by atoms with E-state index >= 15 is 0 Å². The number of rotatable bonds is 3. The summed E-state index contributed by atoms with van der Waals surface area (Å²) in [7, 11) is 0. The number of benzene rings is 1. The first kappa shape index (κ1) is 13.5. The monoisotopic (exact) mass is 307 g/mol. The molecule has 1 aromatic carbocycles. The zero-order valence-corrected chi connectivity index (χ0v) is 12.5. The van der Waals surface area contributed by atoms with Crippen LogP contribution in [0.4, 0.5) is 5.69 Å². The molecule has 1 aliphatic heterocycles. The molecule has 1 unspecified atom stereocenters. The quantitative estimate of drug-likeness (QED) is 0.538. The largest absolute Gasteiger partial charge is 0.386 e. The molecule has 0 saturated heterocycles. The van der Waals surface area contributed by atoms with Crippen LogP contribution in [-0.4, -0.2) is 31.7 Å². The zero-order valence-electron chi connectivity index (χ0n) is 11.0. The third kappa shape index (κ3) is 2.53. The molecule has 1 atom stereocenters. The van der Waals surface area contributed by atoms with Gasteiger partial charge in [0.2, 0.25) is 0 Å². The average Bonchev–Trinajstić information content (AvgIpc) is 2.97. The molecule has 0 aliphatic carbocycles. The summed E-state index contributed by atoms with van der Waals surface area (Å²) in [5, 5.41) is 10.0. The molecule has 104 valence electrons. The highest BCUT2D eigenvalue weighted by Gasteiger charge is 2.24. The minimum Gasteiger partial charge on any atom is -0.386 e. The molecule has 2 N–H and O–H groups in total. The lowest BCUT2D eigenvalue weighted by Crippen LogP contribution is -2.12. The third-order valence-electron chi connectivity index (χ3n) is 2.98. The van der Waals surface area contributed by atoms with Gasteiger partial charge in [-0.3, -0.25) is 0 Å². The van der Waals surface area contributed by atoms with E-state index in [0.717, 1.165) is 28.8 Å². The van der Waals surface area contributed by atoms with Crippen LogP contribution in [0.5, 0.6) is 0 Å². The topological polar surface area (TPSA) is 69.1 Å². The van der Waals surface area contributed by atoms with E-state index in [1.165, 1.54) is 0 Å². The Kier molecular flexibility index (Phi) is 3.67. The van der Waals surface area contributed by atoms with Crippen LogP contribution in [0.25, 0.3) is 11.4 Å². The van der Waals surface area contributed by atoms with Gasteiger partial charge in [-0.05, 0) is 12.1 Å². The molecule has 3 rings (SSSR count). The maximum Gasteiger partial charge on any atom is 0.191 e. The lowest BCUT2D eigenvalue weighted by molar-refractivity contribution is 0.675. The van der Waals surface area contributed by atoms with E-state index in [2.05, 4.69) is 26.7 Å². The minimum absolute atomic E-state index is 0.221. The van der Waals surface area contributed by atoms with Crippen molar-refractivity contribution < 1.29 is 0 Å². The van der Waals surface area contributed by atoms with Gasteiger partial charge in [0.1, 0.15) is 5.84 Å². The number of halogens is 1. The summed E-state index contributed by atoms with van der Waals surface area (Å²) in [6.45, 7) is 3.12. The second-order valence-corrected chi connectivity index (χ2v) is 6.31. The molecule has 1 aromatic heterocycles. The highest BCUT2D eigenvalue weighted by atomic mass is 35.5. The van der Waals surface area contributed by atoms with Crippen LogP contribution in [0.2, 0.25) is 0 Å². The van der Waals surface area contributed by atoms with Gasteiger partial charge in [-0.1, -0.05) is 30.8 Å². The van der Waals surface area contributed by atoms with Gasteiger partial charge in [-0.25, -0.2) is 4.99 Å². The number of alkyl halides is 1. The number of aromatic nitrogens is 3. The summed E-state index contributed by atoms with van der Waals surface area (Å²) >= 11 is 7.40. The standard InChI is InChI=1S/C13H14ClN5S/c1-8-7-19-12(17-18-13(19)20-8)9-3-2-4-10(5-9)16-11(15)6-14/h2-5,8H,6-7H2,1H3,(H2,15,16). The Morgan fingerprint density at radius 2 is 2.40 bits per heavy atom. The van der Waals surface area contributed by atoms with Crippen molar-refractivity contribution in [2.24, 2.45) is 10.7 Å². The van der Waals surface area contributed by atoms with E-state index in [1.54, 1.807) is 11.8 Å². The van der Waals surface area contributed by atoms with E-state index in [1.807, 2.05) is 24.3 Å². The van der Waals surface area contributed by atoms with Gasteiger partial charge in [0, 0.05) is 17.4 Å². The molecule has 1 aliphatic rings. The Morgan fingerprint density at radius 3 is 3.20 bits per heavy atom. The predicted octanol–water partition coefficient (Wildman–Crippen LogP) is 2.67. The van der Waals surface area contributed by atoms with Gasteiger partial charge in [-0.15, -0.1) is 21.8 Å². The molecule has 7 heteroatoms. The van der Waals surface area contributed by atoms with Gasteiger partial charge in [0.25, 0.3) is 0 Å². The minimum atomic E-state index is 0.221. The van der Waals surface area contributed by atoms with E-state index in [4.69, 9.17) is 17.3 Å². The first-order valence-electron chi connectivity index (χ1n) is 6.26. The molecule has 0 radical (unpaired) electrons. The highest BCUT2D eigenvalue weighted by Crippen LogP contribution is 2.34. The molecule has 5 nitrogen and oxygen atoms in total. The Morgan fingerprint density at radius 1 is 1.55 bits per heavy atom. The number of nitrogens with two attached hydrogens (primary N) is 1. The fourth-order valence-electron chi connectivity index (χ4n) is 2.14. The van der Waals surface area contributed by atoms with Crippen molar-refractivity contribution in [3.8, 4) is 11.4 Å². The maximum absolute atomic E-state index is 5.66. The number of amidine groups is 1. The van der Waals surface area contributed by atoms with E-state index in [9.17, 15) is 0 Å². The first-order chi connectivity index (χ1) is 9.67. The Labute approximate surface area is 126 Å². The second-order valence-electron chi connectivity index (χ2n) is 4.63. The Balaban J connectivity index is 1.98. The Hall–Kier alpha value is -1.53. The lowest BCUT2D eigenvalue weighted by atomic mass is 10.2. The average molecular weight is 308 g/mol. The van der Waals surface area contributed by atoms with Crippen LogP contribution in [-0.2, 0) is 6.54 Å². The summed E-state index contributed by atoms with van der Waals surface area (Å²) in [4.78, 5) is 4.26. The number of fused-ring (bicyclic) bond motifs is 1. The Bertz CT molecular complexity index is 667. The number of nitrogens with zero attached hydrogens (tertiary/aromatic N) is 4. The molecule has 0 fully saturated rings. The predicted molar refractivity (Wildman–Crippen MR) is 82.8 cm³/mol. The van der Waals surface area contributed by atoms with Crippen molar-refractivity contribution in [3.63, 3.8) is 0 Å². The van der Waals surface area contributed by atoms with Crippen LogP contribution in [0.15, 0.2) is 34.4 Å². The van der Waals surface area contributed by atoms with E-state index < -0.39 is 0 Å². The third-order valence-corrected chi connectivity index (χ3v) is 4.32. The summed E-state index contributed by atoms with van der Waals surface area (Å²) in [6.07, 6.45) is 0. The summed E-state index contributed by atoms with van der Waals surface area (Å²) in [6, 6.07) is 7.77. The second kappa shape index (κ2) is 5.46. The van der Waals surface area contributed by atoms with Gasteiger partial charge < -0.3 is 10.3 Å². The molecule has 0 spiro atoms. The molecule has 20 heavy (non-hydrogen) atoms. The van der Waals surface area contributed by atoms with Crippen molar-refractivity contribution >= 4 is 34.9 Å². The molecule has 0 bridgehead atoms. The number of thioether (sulfide) groups is 1. The van der Waals surface area contributed by atoms with Crippen LogP contribution >= 0.6 is 23.4 Å². The van der Waals surface area contributed by atoms with Crippen LogP contribution in [0.3, 0.4) is 0 Å². The van der Waals surface area contributed by atoms with Crippen molar-refractivity contribution in [2.75, 3.05) is 5.88 Å². The summed E-state index contributed by atoms with van der Waals surface area (Å²) in [5.41, 5.74) is 7.43. The van der Waals surface area contributed by atoms with Gasteiger partial charge in [-0.2, -0.15) is 0 Å². The molecule has 0 amide bonds. The first-order valence-corrected chi connectivity index (χ1v) is 7.68. The van der Waals surface area contributed by atoms with Gasteiger partial charge in [0.15, 0.2) is 11.0 Å². The molecule has 2 aromatic rings. The molecule has 2 heterocycles. The van der Waals surface area contributed by atoms with Crippen LogP contribution in [0, 0.1) is 0 Å². The van der Waals surface area contributed by atoms with Crippen molar-refractivity contribution in [1.29, 1.82) is 0 Å². The number of aliphatic imine (C=N–C) groups is 1. The van der Waals surface area contributed by atoms with Crippen molar-refractivity contribution in [1.82, 2.24) is 14.8 Å². The lowest BCUT2D eigenvalue weighted by Gasteiger charge is -2.05. The van der Waals surface area contributed by atoms with E-state index in [-0.39, 0.29) is 5.88 Å². The van der Waals surface area contributed by atoms with Crippen LogP contribution in [0.1, 0.15) is 6.92 Å². The summed E-state index contributed by atoms with van der Waals surface area (Å²) in [5.74, 6) is 1.50. The fraction of sp³-hybridized carbons (Fsp3) is 0.308. The SMILES string of the molecule is CC1Cn2c(nnc2-c2cccc(N=C(N)CCl)c2)S1. The number of hydrogen-bond acceptors (Lipinski definition) is 4. The fourth-order valence-corrected chi connectivity index (χ4v) is 3.16. The number of hydrogen-bond donors (Lipinski definition) is 1. The zero-order chi connectivity index (χ0) is 14.1. The smallest absolute Gasteiger partial charge is 0.191 e. The van der Waals surface area contributed by atoms with Crippen molar-refractivity contribution in [3.05, 3.63) is 24.3 Å². The molecule has 0 saturated carbocycles.